The highest BCUT2D eigenvalue weighted by Gasteiger charge is 2.23. The maximum absolute atomic E-state index is 6.25. The summed E-state index contributed by atoms with van der Waals surface area (Å²) in [6.45, 7) is 8.37. The van der Waals surface area contributed by atoms with Crippen molar-refractivity contribution < 1.29 is 4.74 Å². The lowest BCUT2D eigenvalue weighted by atomic mass is 10.0. The number of nitrogens with zero attached hydrogens (tertiary/aromatic N) is 2. The summed E-state index contributed by atoms with van der Waals surface area (Å²) in [5, 5.41) is 4.73. The van der Waals surface area contributed by atoms with Crippen LogP contribution in [0.15, 0.2) is 24.3 Å². The Labute approximate surface area is 126 Å². The Hall–Kier alpha value is -1.81. The molecule has 0 amide bonds. The Morgan fingerprint density at radius 2 is 1.86 bits per heavy atom. The average Bonchev–Trinajstić information content (AvgIpc) is 2.74. The number of hydrogen-bond acceptors (Lipinski definition) is 3. The summed E-state index contributed by atoms with van der Waals surface area (Å²) in [5.41, 5.74) is 11.0. The van der Waals surface area contributed by atoms with E-state index in [9.17, 15) is 0 Å². The standard InChI is InChI=1S/C17H25N3O/c1-6-16-12(3)19-20(13(16)4)17(11(2)18)14-7-9-15(21-5)10-8-14/h7-11,17H,6,18H2,1-5H3. The molecule has 2 aromatic rings. The second kappa shape index (κ2) is 6.31. The lowest BCUT2D eigenvalue weighted by molar-refractivity contribution is 0.412. The minimum absolute atomic E-state index is 0.0268. The van der Waals surface area contributed by atoms with E-state index in [4.69, 9.17) is 15.6 Å². The van der Waals surface area contributed by atoms with Gasteiger partial charge in [0.25, 0.3) is 0 Å². The zero-order valence-electron chi connectivity index (χ0n) is 13.6. The third kappa shape index (κ3) is 2.95. The van der Waals surface area contributed by atoms with Gasteiger partial charge in [-0.2, -0.15) is 5.10 Å². The molecule has 21 heavy (non-hydrogen) atoms. The first-order valence-electron chi connectivity index (χ1n) is 7.43. The summed E-state index contributed by atoms with van der Waals surface area (Å²) in [6.07, 6.45) is 0.992. The first kappa shape index (κ1) is 15.6. The Bertz CT molecular complexity index is 599. The molecule has 2 atom stereocenters. The maximum Gasteiger partial charge on any atom is 0.118 e. The Balaban J connectivity index is 2.48. The Morgan fingerprint density at radius 3 is 2.29 bits per heavy atom. The van der Waals surface area contributed by atoms with Crippen molar-refractivity contribution in [1.82, 2.24) is 9.78 Å². The van der Waals surface area contributed by atoms with Crippen molar-refractivity contribution in [3.8, 4) is 5.75 Å². The molecule has 0 aliphatic heterocycles. The summed E-state index contributed by atoms with van der Waals surface area (Å²) in [7, 11) is 1.67. The second-order valence-electron chi connectivity index (χ2n) is 5.52. The summed E-state index contributed by atoms with van der Waals surface area (Å²) >= 11 is 0. The van der Waals surface area contributed by atoms with E-state index in [2.05, 4.69) is 37.6 Å². The molecular weight excluding hydrogens is 262 g/mol. The molecule has 1 heterocycles. The number of rotatable bonds is 5. The van der Waals surface area contributed by atoms with Crippen LogP contribution in [0.2, 0.25) is 0 Å². The molecule has 2 N–H and O–H groups in total. The normalized spacial score (nSPS) is 14.0. The van der Waals surface area contributed by atoms with Gasteiger partial charge in [-0.25, -0.2) is 0 Å². The van der Waals surface area contributed by atoms with Gasteiger partial charge in [0.1, 0.15) is 5.75 Å². The molecule has 0 spiro atoms. The topological polar surface area (TPSA) is 53.1 Å². The molecule has 0 saturated heterocycles. The van der Waals surface area contributed by atoms with E-state index in [0.29, 0.717) is 0 Å². The molecule has 1 aromatic carbocycles. The van der Waals surface area contributed by atoms with Crippen LogP contribution in [0.4, 0.5) is 0 Å². The Morgan fingerprint density at radius 1 is 1.24 bits per heavy atom. The lowest BCUT2D eigenvalue weighted by Crippen LogP contribution is -2.31. The smallest absolute Gasteiger partial charge is 0.118 e. The van der Waals surface area contributed by atoms with E-state index < -0.39 is 0 Å². The van der Waals surface area contributed by atoms with Gasteiger partial charge < -0.3 is 10.5 Å². The summed E-state index contributed by atoms with van der Waals surface area (Å²) in [6, 6.07) is 8.08. The molecule has 1 aromatic heterocycles. The van der Waals surface area contributed by atoms with E-state index in [1.54, 1.807) is 7.11 Å². The van der Waals surface area contributed by atoms with Gasteiger partial charge in [-0.1, -0.05) is 19.1 Å². The van der Waals surface area contributed by atoms with Crippen LogP contribution in [0.1, 0.15) is 42.4 Å². The minimum atomic E-state index is -0.0268. The van der Waals surface area contributed by atoms with Crippen molar-refractivity contribution in [2.45, 2.75) is 46.2 Å². The molecule has 0 aliphatic rings. The third-order valence-corrected chi connectivity index (χ3v) is 4.05. The molecule has 0 saturated carbocycles. The van der Waals surface area contributed by atoms with Crippen molar-refractivity contribution in [3.05, 3.63) is 46.8 Å². The van der Waals surface area contributed by atoms with Gasteiger partial charge in [0, 0.05) is 11.7 Å². The van der Waals surface area contributed by atoms with Crippen molar-refractivity contribution in [2.24, 2.45) is 5.73 Å². The Kier molecular flexibility index (Phi) is 4.68. The van der Waals surface area contributed by atoms with Gasteiger partial charge in [0.05, 0.1) is 18.8 Å². The lowest BCUT2D eigenvalue weighted by Gasteiger charge is -2.24. The molecule has 114 valence electrons. The highest BCUT2D eigenvalue weighted by molar-refractivity contribution is 5.32. The number of hydrogen-bond donors (Lipinski definition) is 1. The molecular formula is C17H25N3O. The highest BCUT2D eigenvalue weighted by atomic mass is 16.5. The van der Waals surface area contributed by atoms with Crippen LogP contribution in [0.5, 0.6) is 5.75 Å². The number of nitrogens with two attached hydrogens (primary N) is 1. The molecule has 4 nitrogen and oxygen atoms in total. The van der Waals surface area contributed by atoms with Gasteiger partial charge in [0.15, 0.2) is 0 Å². The van der Waals surface area contributed by atoms with Gasteiger partial charge in [-0.15, -0.1) is 0 Å². The van der Waals surface area contributed by atoms with E-state index in [1.807, 2.05) is 19.1 Å². The first-order valence-corrected chi connectivity index (χ1v) is 7.43. The average molecular weight is 287 g/mol. The van der Waals surface area contributed by atoms with Crippen LogP contribution < -0.4 is 10.5 Å². The fourth-order valence-corrected chi connectivity index (χ4v) is 2.95. The summed E-state index contributed by atoms with van der Waals surface area (Å²) in [5.74, 6) is 0.852. The third-order valence-electron chi connectivity index (χ3n) is 4.05. The number of aromatic nitrogens is 2. The van der Waals surface area contributed by atoms with Crippen molar-refractivity contribution in [3.63, 3.8) is 0 Å². The van der Waals surface area contributed by atoms with E-state index in [-0.39, 0.29) is 12.1 Å². The van der Waals surface area contributed by atoms with E-state index >= 15 is 0 Å². The summed E-state index contributed by atoms with van der Waals surface area (Å²) < 4.78 is 7.30. The van der Waals surface area contributed by atoms with Gasteiger partial charge >= 0.3 is 0 Å². The monoisotopic (exact) mass is 287 g/mol. The SMILES string of the molecule is CCc1c(C)nn(C(c2ccc(OC)cc2)C(C)N)c1C. The van der Waals surface area contributed by atoms with Crippen LogP contribution in [-0.4, -0.2) is 22.9 Å². The zero-order chi connectivity index (χ0) is 15.6. The van der Waals surface area contributed by atoms with Gasteiger partial charge in [0.2, 0.25) is 0 Å². The van der Waals surface area contributed by atoms with E-state index in [1.165, 1.54) is 11.3 Å². The molecule has 0 radical (unpaired) electrons. The maximum atomic E-state index is 6.25. The molecule has 4 heteroatoms. The van der Waals surface area contributed by atoms with Crippen LogP contribution in [-0.2, 0) is 6.42 Å². The molecule has 2 rings (SSSR count). The zero-order valence-corrected chi connectivity index (χ0v) is 13.6. The number of ether oxygens (including phenoxy) is 1. The largest absolute Gasteiger partial charge is 0.497 e. The number of aryl methyl sites for hydroxylation is 1. The molecule has 0 bridgehead atoms. The summed E-state index contributed by atoms with van der Waals surface area (Å²) in [4.78, 5) is 0. The fourth-order valence-electron chi connectivity index (χ4n) is 2.95. The van der Waals surface area contributed by atoms with Crippen molar-refractivity contribution in [1.29, 1.82) is 0 Å². The predicted molar refractivity (Wildman–Crippen MR) is 85.9 cm³/mol. The van der Waals surface area contributed by atoms with Crippen molar-refractivity contribution in [2.75, 3.05) is 7.11 Å². The van der Waals surface area contributed by atoms with Crippen molar-refractivity contribution >= 4 is 0 Å². The number of benzene rings is 1. The van der Waals surface area contributed by atoms with Gasteiger partial charge in [-0.05, 0) is 50.5 Å². The molecule has 0 fully saturated rings. The van der Waals surface area contributed by atoms with Crippen LogP contribution in [0.3, 0.4) is 0 Å². The highest BCUT2D eigenvalue weighted by Crippen LogP contribution is 2.27. The number of methoxy groups -OCH3 is 1. The quantitative estimate of drug-likeness (QED) is 0.919. The van der Waals surface area contributed by atoms with Crippen LogP contribution >= 0.6 is 0 Å². The van der Waals surface area contributed by atoms with Gasteiger partial charge in [-0.3, -0.25) is 4.68 Å². The molecule has 2 unspecified atom stereocenters. The van der Waals surface area contributed by atoms with E-state index in [0.717, 1.165) is 23.4 Å². The molecule has 0 aliphatic carbocycles. The minimum Gasteiger partial charge on any atom is -0.497 e. The van der Waals surface area contributed by atoms with Crippen LogP contribution in [0.25, 0.3) is 0 Å². The first-order chi connectivity index (χ1) is 9.99. The van der Waals surface area contributed by atoms with Crippen LogP contribution in [0, 0.1) is 13.8 Å². The fraction of sp³-hybridized carbons (Fsp3) is 0.471. The predicted octanol–water partition coefficient (Wildman–Crippen LogP) is 3.01. The second-order valence-corrected chi connectivity index (χ2v) is 5.52.